The van der Waals surface area contributed by atoms with Crippen molar-refractivity contribution in [1.82, 2.24) is 15.1 Å². The third-order valence-electron chi connectivity index (χ3n) is 5.53. The van der Waals surface area contributed by atoms with E-state index in [1.807, 2.05) is 45.0 Å². The van der Waals surface area contributed by atoms with Crippen LogP contribution < -0.4 is 0 Å². The lowest BCUT2D eigenvalue weighted by Gasteiger charge is -2.27. The molecule has 1 saturated heterocycles. The summed E-state index contributed by atoms with van der Waals surface area (Å²) in [6, 6.07) is 12.1. The molecule has 0 spiro atoms. The first-order chi connectivity index (χ1) is 16.0. The summed E-state index contributed by atoms with van der Waals surface area (Å²) in [5.74, 6) is 0.635. The smallest absolute Gasteiger partial charge is 0.416 e. The van der Waals surface area contributed by atoms with Gasteiger partial charge < -0.3 is 9.15 Å². The predicted molar refractivity (Wildman–Crippen MR) is 119 cm³/mol. The second-order valence-electron chi connectivity index (χ2n) is 9.31. The van der Waals surface area contributed by atoms with Crippen LogP contribution in [0.2, 0.25) is 0 Å². The Balaban J connectivity index is 1.55. The van der Waals surface area contributed by atoms with Crippen molar-refractivity contribution in [3.8, 4) is 11.5 Å². The number of ether oxygens (including phenoxy) is 1. The van der Waals surface area contributed by atoms with E-state index in [2.05, 4.69) is 10.2 Å². The highest BCUT2D eigenvalue weighted by Gasteiger charge is 2.36. The summed E-state index contributed by atoms with van der Waals surface area (Å²) in [5, 5.41) is 8.40. The fourth-order valence-electron chi connectivity index (χ4n) is 3.96. The molecule has 0 saturated carbocycles. The number of alkyl halides is 3. The fraction of sp³-hybridized carbons (Fsp3) is 0.400. The van der Waals surface area contributed by atoms with Crippen molar-refractivity contribution in [3.63, 3.8) is 0 Å². The van der Waals surface area contributed by atoms with Gasteiger partial charge in [0, 0.05) is 12.1 Å². The maximum Gasteiger partial charge on any atom is 0.416 e. The minimum atomic E-state index is -4.37. The molecule has 1 fully saturated rings. The van der Waals surface area contributed by atoms with Crippen LogP contribution in [-0.4, -0.2) is 33.3 Å². The number of hydrogen-bond acceptors (Lipinski definition) is 5. The molecule has 3 aromatic rings. The molecule has 0 N–H and O–H groups in total. The largest absolute Gasteiger partial charge is 0.444 e. The quantitative estimate of drug-likeness (QED) is 0.438. The molecule has 0 radical (unpaired) electrons. The van der Waals surface area contributed by atoms with Gasteiger partial charge >= 0.3 is 12.3 Å². The first-order valence-corrected chi connectivity index (χ1v) is 11.1. The molecular weight excluding hydrogens is 447 g/mol. The highest BCUT2D eigenvalue weighted by atomic mass is 19.4. The number of aromatic nitrogens is 2. The average molecular weight is 473 g/mol. The van der Waals surface area contributed by atoms with Crippen molar-refractivity contribution in [1.29, 1.82) is 0 Å². The van der Waals surface area contributed by atoms with Crippen LogP contribution in [0.25, 0.3) is 11.5 Å². The lowest BCUT2D eigenvalue weighted by atomic mass is 9.99. The van der Waals surface area contributed by atoms with Crippen LogP contribution in [0.1, 0.15) is 62.2 Å². The maximum atomic E-state index is 12.9. The van der Waals surface area contributed by atoms with Gasteiger partial charge in [0.05, 0.1) is 5.56 Å². The molecule has 4 rings (SSSR count). The van der Waals surface area contributed by atoms with Gasteiger partial charge in [-0.1, -0.05) is 30.3 Å². The summed E-state index contributed by atoms with van der Waals surface area (Å²) >= 11 is 0. The number of carbonyl (C=O) groups is 1. The van der Waals surface area contributed by atoms with Crippen molar-refractivity contribution < 1.29 is 27.1 Å². The van der Waals surface area contributed by atoms with Crippen LogP contribution in [0.15, 0.2) is 52.9 Å². The topological polar surface area (TPSA) is 68.5 Å². The van der Waals surface area contributed by atoms with E-state index < -0.39 is 23.4 Å². The first-order valence-electron chi connectivity index (χ1n) is 11.1. The van der Waals surface area contributed by atoms with E-state index in [1.165, 1.54) is 12.1 Å². The molecule has 6 nitrogen and oxygen atoms in total. The predicted octanol–water partition coefficient (Wildman–Crippen LogP) is 6.42. The molecule has 1 aromatic heterocycles. The summed E-state index contributed by atoms with van der Waals surface area (Å²) in [4.78, 5) is 14.2. The number of benzene rings is 2. The minimum Gasteiger partial charge on any atom is -0.444 e. The van der Waals surface area contributed by atoms with Gasteiger partial charge in [0.1, 0.15) is 11.6 Å². The third kappa shape index (κ3) is 5.40. The molecule has 1 amide bonds. The third-order valence-corrected chi connectivity index (χ3v) is 5.53. The van der Waals surface area contributed by atoms with Crippen molar-refractivity contribution >= 4 is 6.09 Å². The Morgan fingerprint density at radius 3 is 2.47 bits per heavy atom. The fourth-order valence-corrected chi connectivity index (χ4v) is 3.96. The van der Waals surface area contributed by atoms with E-state index in [1.54, 1.807) is 4.90 Å². The number of rotatable bonds is 4. The van der Waals surface area contributed by atoms with Gasteiger partial charge in [0.25, 0.3) is 0 Å². The normalized spacial score (nSPS) is 16.6. The maximum absolute atomic E-state index is 12.9. The zero-order valence-corrected chi connectivity index (χ0v) is 19.2. The first kappa shape index (κ1) is 23.8. The van der Waals surface area contributed by atoms with Crippen molar-refractivity contribution in [2.75, 3.05) is 6.54 Å². The molecule has 34 heavy (non-hydrogen) atoms. The number of halogens is 3. The SMILES string of the molecule is CC(C)(C)OC(=O)N1CCCC1c1nnc(-c2ccccc2Cc2ccc(C(F)(F)F)cc2)o1. The van der Waals surface area contributed by atoms with Crippen LogP contribution in [-0.2, 0) is 17.3 Å². The monoisotopic (exact) mass is 473 g/mol. The minimum absolute atomic E-state index is 0.300. The molecule has 1 unspecified atom stereocenters. The summed E-state index contributed by atoms with van der Waals surface area (Å²) < 4.78 is 50.1. The molecule has 1 aliphatic rings. The molecule has 9 heteroatoms. The Kier molecular flexibility index (Phi) is 6.38. The van der Waals surface area contributed by atoms with Crippen LogP contribution in [0.4, 0.5) is 18.0 Å². The standard InChI is InChI=1S/C25H26F3N3O3/c1-24(2,3)34-23(32)31-14-6-9-20(31)22-30-29-21(33-22)19-8-5-4-7-17(19)15-16-10-12-18(13-11-16)25(26,27)28/h4-5,7-8,10-13,20H,6,9,14-15H2,1-3H3. The van der Waals surface area contributed by atoms with Gasteiger partial charge in [-0.25, -0.2) is 4.79 Å². The Hall–Kier alpha value is -3.36. The lowest BCUT2D eigenvalue weighted by molar-refractivity contribution is -0.137. The lowest BCUT2D eigenvalue weighted by Crippen LogP contribution is -2.36. The van der Waals surface area contributed by atoms with E-state index in [9.17, 15) is 18.0 Å². The van der Waals surface area contributed by atoms with E-state index in [0.29, 0.717) is 36.7 Å². The Bertz CT molecular complexity index is 1150. The van der Waals surface area contributed by atoms with Crippen LogP contribution in [0, 0.1) is 0 Å². The van der Waals surface area contributed by atoms with E-state index in [4.69, 9.17) is 9.15 Å². The zero-order chi connectivity index (χ0) is 24.5. The van der Waals surface area contributed by atoms with Crippen LogP contribution in [0.5, 0.6) is 0 Å². The van der Waals surface area contributed by atoms with Gasteiger partial charge in [0.15, 0.2) is 0 Å². The van der Waals surface area contributed by atoms with Crippen LogP contribution in [0.3, 0.4) is 0 Å². The molecule has 2 aromatic carbocycles. The van der Waals surface area contributed by atoms with E-state index in [-0.39, 0.29) is 6.04 Å². The number of carbonyl (C=O) groups excluding carboxylic acids is 1. The molecule has 1 aliphatic heterocycles. The molecule has 1 atom stereocenters. The van der Waals surface area contributed by atoms with Gasteiger partial charge in [-0.15, -0.1) is 10.2 Å². The van der Waals surface area contributed by atoms with Crippen molar-refractivity contribution in [2.45, 2.75) is 57.9 Å². The molecule has 2 heterocycles. The van der Waals surface area contributed by atoms with Crippen LogP contribution >= 0.6 is 0 Å². The summed E-state index contributed by atoms with van der Waals surface area (Å²) in [6.45, 7) is 5.99. The number of nitrogens with zero attached hydrogens (tertiary/aromatic N) is 3. The molecule has 0 bridgehead atoms. The van der Waals surface area contributed by atoms with Gasteiger partial charge in [-0.3, -0.25) is 4.90 Å². The summed E-state index contributed by atoms with van der Waals surface area (Å²) in [5.41, 5.74) is 0.974. The van der Waals surface area contributed by atoms with E-state index >= 15 is 0 Å². The molecule has 0 aliphatic carbocycles. The second-order valence-corrected chi connectivity index (χ2v) is 9.31. The van der Waals surface area contributed by atoms with Gasteiger partial charge in [-0.2, -0.15) is 13.2 Å². The number of likely N-dealkylation sites (tertiary alicyclic amines) is 1. The number of hydrogen-bond donors (Lipinski definition) is 0. The average Bonchev–Trinajstić information content (AvgIpc) is 3.42. The van der Waals surface area contributed by atoms with Gasteiger partial charge in [-0.05, 0) is 69.4 Å². The Labute approximate surface area is 195 Å². The number of amides is 1. The highest BCUT2D eigenvalue weighted by Crippen LogP contribution is 2.35. The zero-order valence-electron chi connectivity index (χ0n) is 19.2. The van der Waals surface area contributed by atoms with Gasteiger partial charge in [0.2, 0.25) is 11.8 Å². The molecular formula is C25H26F3N3O3. The highest BCUT2D eigenvalue weighted by molar-refractivity contribution is 5.69. The summed E-state index contributed by atoms with van der Waals surface area (Å²) in [6.07, 6.45) is -2.90. The summed E-state index contributed by atoms with van der Waals surface area (Å²) in [7, 11) is 0. The van der Waals surface area contributed by atoms with E-state index in [0.717, 1.165) is 29.7 Å². The van der Waals surface area contributed by atoms with Crippen molar-refractivity contribution in [2.24, 2.45) is 0 Å². The Morgan fingerprint density at radius 2 is 1.79 bits per heavy atom. The second kappa shape index (κ2) is 9.12. The Morgan fingerprint density at radius 1 is 1.09 bits per heavy atom. The molecule has 180 valence electrons. The van der Waals surface area contributed by atoms with Crippen molar-refractivity contribution in [3.05, 3.63) is 71.1 Å².